The largest absolute Gasteiger partial charge is 0.370 e. The lowest BCUT2D eigenvalue weighted by atomic mass is 10.2. The van der Waals surface area contributed by atoms with Crippen LogP contribution < -0.4 is 10.6 Å². The van der Waals surface area contributed by atoms with Gasteiger partial charge in [0.15, 0.2) is 0 Å². The first-order valence-corrected chi connectivity index (χ1v) is 6.12. The van der Waals surface area contributed by atoms with Crippen LogP contribution >= 0.6 is 0 Å². The third-order valence-corrected chi connectivity index (χ3v) is 2.93. The van der Waals surface area contributed by atoms with E-state index in [-0.39, 0.29) is 0 Å². The molecule has 0 radical (unpaired) electrons. The highest BCUT2D eigenvalue weighted by atomic mass is 15.1. The Morgan fingerprint density at radius 2 is 2.12 bits per heavy atom. The normalized spacial score (nSPS) is 16.9. The number of hydrogen-bond acceptors (Lipinski definition) is 4. The number of aromatic nitrogens is 2. The van der Waals surface area contributed by atoms with Crippen molar-refractivity contribution >= 4 is 11.6 Å². The number of nitrogens with one attached hydrogen (secondary N) is 2. The van der Waals surface area contributed by atoms with Gasteiger partial charge in [-0.2, -0.15) is 0 Å². The molecule has 2 N–H and O–H groups in total. The lowest BCUT2D eigenvalue weighted by Gasteiger charge is -2.13. The zero-order valence-corrected chi connectivity index (χ0v) is 10.0. The summed E-state index contributed by atoms with van der Waals surface area (Å²) in [5.41, 5.74) is 0. The highest BCUT2D eigenvalue weighted by molar-refractivity contribution is 5.46. The van der Waals surface area contributed by atoms with Gasteiger partial charge in [0.2, 0.25) is 0 Å². The Morgan fingerprint density at radius 3 is 2.81 bits per heavy atom. The standard InChI is InChI=1S/C12H20N4/c1-3-6-13-11-7-12(15-8-14-11)16-9(2)10-4-5-10/h7-10H,3-6H2,1-2H3,(H2,13,14,15,16). The summed E-state index contributed by atoms with van der Waals surface area (Å²) in [5.74, 6) is 2.66. The molecule has 0 aliphatic heterocycles. The van der Waals surface area contributed by atoms with Crippen molar-refractivity contribution in [3.05, 3.63) is 12.4 Å². The van der Waals surface area contributed by atoms with E-state index in [1.165, 1.54) is 12.8 Å². The fraction of sp³-hybridized carbons (Fsp3) is 0.667. The van der Waals surface area contributed by atoms with Gasteiger partial charge < -0.3 is 10.6 Å². The summed E-state index contributed by atoms with van der Waals surface area (Å²) >= 11 is 0. The molecule has 0 amide bonds. The van der Waals surface area contributed by atoms with E-state index < -0.39 is 0 Å². The average molecular weight is 220 g/mol. The van der Waals surface area contributed by atoms with Crippen LogP contribution in [0.15, 0.2) is 12.4 Å². The van der Waals surface area contributed by atoms with Crippen LogP contribution in [0, 0.1) is 5.92 Å². The summed E-state index contributed by atoms with van der Waals surface area (Å²) in [6, 6.07) is 2.50. The van der Waals surface area contributed by atoms with Crippen molar-refractivity contribution < 1.29 is 0 Å². The highest BCUT2D eigenvalue weighted by Gasteiger charge is 2.27. The van der Waals surface area contributed by atoms with Gasteiger partial charge in [-0.05, 0) is 32.1 Å². The minimum absolute atomic E-state index is 0.522. The van der Waals surface area contributed by atoms with Gasteiger partial charge in [-0.3, -0.25) is 0 Å². The molecule has 2 rings (SSSR count). The van der Waals surface area contributed by atoms with Crippen molar-refractivity contribution in [2.45, 2.75) is 39.2 Å². The molecule has 1 atom stereocenters. The quantitative estimate of drug-likeness (QED) is 0.773. The van der Waals surface area contributed by atoms with Gasteiger partial charge in [-0.25, -0.2) is 9.97 Å². The Bertz CT molecular complexity index is 336. The van der Waals surface area contributed by atoms with Crippen LogP contribution in [-0.2, 0) is 0 Å². The van der Waals surface area contributed by atoms with E-state index in [1.807, 2.05) is 6.07 Å². The molecule has 16 heavy (non-hydrogen) atoms. The maximum Gasteiger partial charge on any atom is 0.131 e. The fourth-order valence-corrected chi connectivity index (χ4v) is 1.73. The van der Waals surface area contributed by atoms with Gasteiger partial charge in [-0.15, -0.1) is 0 Å². The molecule has 88 valence electrons. The van der Waals surface area contributed by atoms with E-state index in [9.17, 15) is 0 Å². The maximum absolute atomic E-state index is 4.24. The molecule has 1 fully saturated rings. The van der Waals surface area contributed by atoms with Crippen LogP contribution in [0.1, 0.15) is 33.1 Å². The van der Waals surface area contributed by atoms with Crippen LogP contribution in [0.4, 0.5) is 11.6 Å². The zero-order chi connectivity index (χ0) is 11.4. The third-order valence-electron chi connectivity index (χ3n) is 2.93. The minimum atomic E-state index is 0.522. The lowest BCUT2D eigenvalue weighted by molar-refractivity contribution is 0.690. The van der Waals surface area contributed by atoms with Crippen LogP contribution in [0.5, 0.6) is 0 Å². The van der Waals surface area contributed by atoms with E-state index >= 15 is 0 Å². The molecule has 0 aromatic carbocycles. The number of anilines is 2. The second-order valence-electron chi connectivity index (χ2n) is 4.49. The van der Waals surface area contributed by atoms with Gasteiger partial charge >= 0.3 is 0 Å². The SMILES string of the molecule is CCCNc1cc(NC(C)C2CC2)ncn1. The Hall–Kier alpha value is -1.32. The van der Waals surface area contributed by atoms with Crippen molar-refractivity contribution in [3.63, 3.8) is 0 Å². The second-order valence-corrected chi connectivity index (χ2v) is 4.49. The molecule has 1 saturated carbocycles. The first-order chi connectivity index (χ1) is 7.79. The maximum atomic E-state index is 4.24. The minimum Gasteiger partial charge on any atom is -0.370 e. The van der Waals surface area contributed by atoms with Gasteiger partial charge in [-0.1, -0.05) is 6.92 Å². The van der Waals surface area contributed by atoms with Gasteiger partial charge in [0.1, 0.15) is 18.0 Å². The van der Waals surface area contributed by atoms with Crippen molar-refractivity contribution in [1.82, 2.24) is 9.97 Å². The van der Waals surface area contributed by atoms with Gasteiger partial charge in [0.05, 0.1) is 0 Å². The summed E-state index contributed by atoms with van der Waals surface area (Å²) < 4.78 is 0. The van der Waals surface area contributed by atoms with Gasteiger partial charge in [0.25, 0.3) is 0 Å². The average Bonchev–Trinajstić information content (AvgIpc) is 3.10. The molecular formula is C12H20N4. The second kappa shape index (κ2) is 5.14. The van der Waals surface area contributed by atoms with Crippen LogP contribution in [0.25, 0.3) is 0 Å². The first kappa shape index (κ1) is 11.2. The van der Waals surface area contributed by atoms with E-state index in [1.54, 1.807) is 6.33 Å². The van der Waals surface area contributed by atoms with Crippen molar-refractivity contribution in [3.8, 4) is 0 Å². The summed E-state index contributed by atoms with van der Waals surface area (Å²) in [6.07, 6.45) is 5.41. The molecule has 4 heteroatoms. The van der Waals surface area contributed by atoms with Crippen LogP contribution in [-0.4, -0.2) is 22.6 Å². The Labute approximate surface area is 96.9 Å². The van der Waals surface area contributed by atoms with Gasteiger partial charge in [0, 0.05) is 18.7 Å². The molecule has 0 bridgehead atoms. The molecular weight excluding hydrogens is 200 g/mol. The molecule has 1 aromatic rings. The predicted molar refractivity (Wildman–Crippen MR) is 66.6 cm³/mol. The molecule has 0 spiro atoms. The molecule has 1 aromatic heterocycles. The zero-order valence-electron chi connectivity index (χ0n) is 10.0. The smallest absolute Gasteiger partial charge is 0.131 e. The molecule has 1 aliphatic rings. The topological polar surface area (TPSA) is 49.8 Å². The van der Waals surface area contributed by atoms with E-state index in [4.69, 9.17) is 0 Å². The Kier molecular flexibility index (Phi) is 3.59. The number of hydrogen-bond donors (Lipinski definition) is 2. The van der Waals surface area contributed by atoms with E-state index in [0.29, 0.717) is 6.04 Å². The highest BCUT2D eigenvalue weighted by Crippen LogP contribution is 2.33. The number of rotatable bonds is 6. The predicted octanol–water partition coefficient (Wildman–Crippen LogP) is 2.51. The monoisotopic (exact) mass is 220 g/mol. The number of nitrogens with zero attached hydrogens (tertiary/aromatic N) is 2. The van der Waals surface area contributed by atoms with Crippen LogP contribution in [0.3, 0.4) is 0 Å². The summed E-state index contributed by atoms with van der Waals surface area (Å²) in [5, 5.41) is 6.69. The van der Waals surface area contributed by atoms with Crippen LogP contribution in [0.2, 0.25) is 0 Å². The summed E-state index contributed by atoms with van der Waals surface area (Å²) in [6.45, 7) is 5.32. The van der Waals surface area contributed by atoms with Crippen molar-refractivity contribution in [2.24, 2.45) is 5.92 Å². The molecule has 4 nitrogen and oxygen atoms in total. The van der Waals surface area contributed by atoms with E-state index in [0.717, 1.165) is 30.5 Å². The summed E-state index contributed by atoms with van der Waals surface area (Å²) in [7, 11) is 0. The third kappa shape index (κ3) is 3.08. The van der Waals surface area contributed by atoms with Crippen molar-refractivity contribution in [1.29, 1.82) is 0 Å². The Morgan fingerprint density at radius 1 is 1.38 bits per heavy atom. The molecule has 1 heterocycles. The van der Waals surface area contributed by atoms with Crippen molar-refractivity contribution in [2.75, 3.05) is 17.2 Å². The molecule has 0 saturated heterocycles. The fourth-order valence-electron chi connectivity index (χ4n) is 1.73. The summed E-state index contributed by atoms with van der Waals surface area (Å²) in [4.78, 5) is 8.42. The molecule has 1 aliphatic carbocycles. The molecule has 1 unspecified atom stereocenters. The first-order valence-electron chi connectivity index (χ1n) is 6.12. The van der Waals surface area contributed by atoms with E-state index in [2.05, 4.69) is 34.4 Å². The lowest BCUT2D eigenvalue weighted by Crippen LogP contribution is -2.18. The Balaban J connectivity index is 1.92.